The Morgan fingerprint density at radius 2 is 2.20 bits per heavy atom. The molecule has 1 aromatic carbocycles. The average molecular weight is 368 g/mol. The number of methoxy groups -OCH3 is 1. The molecule has 0 aromatic heterocycles. The topological polar surface area (TPSA) is 70.7 Å². The number of nitrogens with zero attached hydrogens (tertiary/aromatic N) is 1. The molecular weight excluding hydrogens is 342 g/mol. The van der Waals surface area contributed by atoms with Gasteiger partial charge in [-0.25, -0.2) is 0 Å². The fourth-order valence-electron chi connectivity index (χ4n) is 3.59. The summed E-state index contributed by atoms with van der Waals surface area (Å²) in [4.78, 5) is 26.4. The standard InChI is InChI=1S/C18H25N3O3.ClH/c1-3-18(9-5-10-19-18)17(23)20-13-7-8-14(15(12-13)24-2)21-11-4-6-16(21)22;/h7-8,12,19H,3-6,9-11H2,1-2H3,(H,20,23);1H. The third-order valence-corrected chi connectivity index (χ3v) is 5.08. The van der Waals surface area contributed by atoms with Crippen molar-refractivity contribution in [3.05, 3.63) is 18.2 Å². The van der Waals surface area contributed by atoms with E-state index in [4.69, 9.17) is 4.74 Å². The minimum absolute atomic E-state index is 0. The van der Waals surface area contributed by atoms with E-state index in [1.807, 2.05) is 19.1 Å². The summed E-state index contributed by atoms with van der Waals surface area (Å²) in [5.74, 6) is 0.715. The van der Waals surface area contributed by atoms with Gasteiger partial charge in [0.1, 0.15) is 5.75 Å². The van der Waals surface area contributed by atoms with E-state index in [0.29, 0.717) is 24.4 Å². The number of ether oxygens (including phenoxy) is 1. The van der Waals surface area contributed by atoms with Crippen LogP contribution >= 0.6 is 12.4 Å². The molecule has 138 valence electrons. The van der Waals surface area contributed by atoms with Crippen LogP contribution in [0.1, 0.15) is 39.0 Å². The number of amides is 2. The molecule has 0 saturated carbocycles. The second kappa shape index (κ2) is 8.06. The molecule has 2 aliphatic rings. The van der Waals surface area contributed by atoms with Gasteiger partial charge in [-0.3, -0.25) is 9.59 Å². The second-order valence-corrected chi connectivity index (χ2v) is 6.46. The first-order valence-electron chi connectivity index (χ1n) is 8.64. The van der Waals surface area contributed by atoms with Gasteiger partial charge in [0, 0.05) is 24.7 Å². The normalized spacial score (nSPS) is 22.6. The predicted molar refractivity (Wildman–Crippen MR) is 101 cm³/mol. The molecule has 2 heterocycles. The van der Waals surface area contributed by atoms with Gasteiger partial charge in [0.2, 0.25) is 11.8 Å². The Labute approximate surface area is 154 Å². The summed E-state index contributed by atoms with van der Waals surface area (Å²) in [6, 6.07) is 5.47. The van der Waals surface area contributed by atoms with E-state index >= 15 is 0 Å². The van der Waals surface area contributed by atoms with Crippen LogP contribution in [-0.2, 0) is 9.59 Å². The number of rotatable bonds is 5. The van der Waals surface area contributed by atoms with Crippen molar-refractivity contribution in [1.29, 1.82) is 0 Å². The minimum atomic E-state index is -0.475. The van der Waals surface area contributed by atoms with E-state index in [9.17, 15) is 9.59 Å². The average Bonchev–Trinajstić information content (AvgIpc) is 3.24. The van der Waals surface area contributed by atoms with Crippen LogP contribution in [0.5, 0.6) is 5.75 Å². The highest BCUT2D eigenvalue weighted by Gasteiger charge is 2.39. The number of carbonyl (C=O) groups is 2. The van der Waals surface area contributed by atoms with Crippen molar-refractivity contribution < 1.29 is 14.3 Å². The Morgan fingerprint density at radius 1 is 1.40 bits per heavy atom. The first-order valence-corrected chi connectivity index (χ1v) is 8.64. The molecule has 7 heteroatoms. The van der Waals surface area contributed by atoms with E-state index in [1.54, 1.807) is 18.1 Å². The molecular formula is C18H26ClN3O3. The molecule has 0 radical (unpaired) electrons. The van der Waals surface area contributed by atoms with Gasteiger partial charge in [0.25, 0.3) is 0 Å². The van der Waals surface area contributed by atoms with E-state index in [-0.39, 0.29) is 24.2 Å². The maximum absolute atomic E-state index is 12.7. The zero-order chi connectivity index (χ0) is 17.2. The van der Waals surface area contributed by atoms with Crippen molar-refractivity contribution in [3.63, 3.8) is 0 Å². The summed E-state index contributed by atoms with van der Waals surface area (Å²) < 4.78 is 5.44. The Kier molecular flexibility index (Phi) is 6.30. The Balaban J connectivity index is 0.00000225. The zero-order valence-corrected chi connectivity index (χ0v) is 15.6. The largest absolute Gasteiger partial charge is 0.494 e. The van der Waals surface area contributed by atoms with Crippen molar-refractivity contribution in [1.82, 2.24) is 5.32 Å². The van der Waals surface area contributed by atoms with Crippen LogP contribution in [0.4, 0.5) is 11.4 Å². The molecule has 1 unspecified atom stereocenters. The molecule has 1 atom stereocenters. The highest BCUT2D eigenvalue weighted by molar-refractivity contribution is 6.00. The van der Waals surface area contributed by atoms with Gasteiger partial charge in [0.05, 0.1) is 18.3 Å². The lowest BCUT2D eigenvalue weighted by Gasteiger charge is -2.27. The number of hydrogen-bond donors (Lipinski definition) is 2. The van der Waals surface area contributed by atoms with Crippen LogP contribution in [0, 0.1) is 0 Å². The highest BCUT2D eigenvalue weighted by Crippen LogP contribution is 2.34. The molecule has 1 aromatic rings. The lowest BCUT2D eigenvalue weighted by molar-refractivity contribution is -0.122. The quantitative estimate of drug-likeness (QED) is 0.839. The molecule has 2 fully saturated rings. The van der Waals surface area contributed by atoms with Crippen molar-refractivity contribution >= 4 is 35.6 Å². The molecule has 6 nitrogen and oxygen atoms in total. The second-order valence-electron chi connectivity index (χ2n) is 6.46. The summed E-state index contributed by atoms with van der Waals surface area (Å²) in [6.07, 6.45) is 4.07. The van der Waals surface area contributed by atoms with Crippen molar-refractivity contribution in [2.75, 3.05) is 30.4 Å². The molecule has 3 rings (SSSR count). The van der Waals surface area contributed by atoms with Gasteiger partial charge in [-0.2, -0.15) is 0 Å². The van der Waals surface area contributed by atoms with Crippen LogP contribution in [0.2, 0.25) is 0 Å². The Morgan fingerprint density at radius 3 is 2.76 bits per heavy atom. The van der Waals surface area contributed by atoms with E-state index in [1.165, 1.54) is 0 Å². The third kappa shape index (κ3) is 3.75. The Bertz CT molecular complexity index is 644. The van der Waals surface area contributed by atoms with Gasteiger partial charge in [0.15, 0.2) is 0 Å². The maximum atomic E-state index is 12.7. The van der Waals surface area contributed by atoms with Crippen molar-refractivity contribution in [2.45, 2.75) is 44.6 Å². The summed E-state index contributed by atoms with van der Waals surface area (Å²) in [5, 5.41) is 6.33. The first kappa shape index (κ1) is 19.5. The number of benzene rings is 1. The highest BCUT2D eigenvalue weighted by atomic mass is 35.5. The van der Waals surface area contributed by atoms with E-state index in [2.05, 4.69) is 10.6 Å². The monoisotopic (exact) mass is 367 g/mol. The number of hydrogen-bond acceptors (Lipinski definition) is 4. The van der Waals surface area contributed by atoms with Gasteiger partial charge in [-0.05, 0) is 44.4 Å². The fraction of sp³-hybridized carbons (Fsp3) is 0.556. The third-order valence-electron chi connectivity index (χ3n) is 5.08. The van der Waals surface area contributed by atoms with E-state index < -0.39 is 5.54 Å². The van der Waals surface area contributed by atoms with Gasteiger partial charge < -0.3 is 20.3 Å². The van der Waals surface area contributed by atoms with Crippen LogP contribution in [0.15, 0.2) is 18.2 Å². The fourth-order valence-corrected chi connectivity index (χ4v) is 3.59. The molecule has 0 aliphatic carbocycles. The van der Waals surface area contributed by atoms with Gasteiger partial charge >= 0.3 is 0 Å². The van der Waals surface area contributed by atoms with Gasteiger partial charge in [-0.1, -0.05) is 6.92 Å². The van der Waals surface area contributed by atoms with Crippen LogP contribution < -0.4 is 20.3 Å². The summed E-state index contributed by atoms with van der Waals surface area (Å²) in [6.45, 7) is 3.62. The summed E-state index contributed by atoms with van der Waals surface area (Å²) in [5.41, 5.74) is 0.979. The number of carbonyl (C=O) groups excluding carboxylic acids is 2. The summed E-state index contributed by atoms with van der Waals surface area (Å²) in [7, 11) is 1.58. The molecule has 0 bridgehead atoms. The lowest BCUT2D eigenvalue weighted by atomic mass is 9.93. The molecule has 2 saturated heterocycles. The predicted octanol–water partition coefficient (Wildman–Crippen LogP) is 2.71. The molecule has 0 spiro atoms. The smallest absolute Gasteiger partial charge is 0.244 e. The molecule has 2 aliphatic heterocycles. The molecule has 25 heavy (non-hydrogen) atoms. The Hall–Kier alpha value is -1.79. The van der Waals surface area contributed by atoms with Crippen molar-refractivity contribution in [2.24, 2.45) is 0 Å². The van der Waals surface area contributed by atoms with E-state index in [0.717, 1.165) is 37.9 Å². The van der Waals surface area contributed by atoms with Crippen LogP contribution in [0.25, 0.3) is 0 Å². The lowest BCUT2D eigenvalue weighted by Crippen LogP contribution is -2.50. The number of anilines is 2. The van der Waals surface area contributed by atoms with Gasteiger partial charge in [-0.15, -0.1) is 12.4 Å². The SMILES string of the molecule is CCC1(C(=O)Nc2ccc(N3CCCC3=O)c(OC)c2)CCCN1.Cl. The van der Waals surface area contributed by atoms with Crippen LogP contribution in [0.3, 0.4) is 0 Å². The maximum Gasteiger partial charge on any atom is 0.244 e. The molecule has 2 amide bonds. The minimum Gasteiger partial charge on any atom is -0.494 e. The zero-order valence-electron chi connectivity index (χ0n) is 14.8. The summed E-state index contributed by atoms with van der Waals surface area (Å²) >= 11 is 0. The molecule has 2 N–H and O–H groups in total. The first-order chi connectivity index (χ1) is 11.6. The number of halogens is 1. The number of nitrogens with one attached hydrogen (secondary N) is 2. The van der Waals surface area contributed by atoms with Crippen molar-refractivity contribution in [3.8, 4) is 5.75 Å². The van der Waals surface area contributed by atoms with Crippen LogP contribution in [-0.4, -0.2) is 37.6 Å².